The molecule has 23 nitrogen and oxygen atoms in total. The molecule has 14 rings (SSSR count). The summed E-state index contributed by atoms with van der Waals surface area (Å²) in [5.41, 5.74) is 4.24. The fourth-order valence-electron chi connectivity index (χ4n) is 13.0. The number of anilines is 2. The number of imidazole rings is 2. The zero-order valence-electron chi connectivity index (χ0n) is 54.8. The first-order chi connectivity index (χ1) is 49.0. The number of nitrogens with zero attached hydrogens (tertiary/aromatic N) is 8. The van der Waals surface area contributed by atoms with E-state index < -0.39 is 68.1 Å². The third-order valence-corrected chi connectivity index (χ3v) is 18.9. The zero-order valence-corrected chi connectivity index (χ0v) is 55.8. The monoisotopic (exact) mass is 1360 g/mol. The smallest absolute Gasteiger partial charge is 0.320 e. The van der Waals surface area contributed by atoms with Crippen molar-refractivity contribution in [3.05, 3.63) is 288 Å². The van der Waals surface area contributed by atoms with E-state index in [1.165, 1.54) is 25.3 Å². The molecule has 2 aliphatic heterocycles. The molecule has 506 valence electrons. The first-order valence-corrected chi connectivity index (χ1v) is 33.5. The summed E-state index contributed by atoms with van der Waals surface area (Å²) in [7, 11) is 2.85. The summed E-state index contributed by atoms with van der Waals surface area (Å²) >= 11 is 0. The summed E-state index contributed by atoms with van der Waals surface area (Å²) in [6.07, 6.45) is 0.198. The summed E-state index contributed by atoms with van der Waals surface area (Å²) in [5.74, 6) is 2.12. The zero-order chi connectivity index (χ0) is 68.6. The molecule has 6 heterocycles. The second kappa shape index (κ2) is 29.6. The molecule has 0 bridgehead atoms. The predicted octanol–water partition coefficient (Wildman–Crippen LogP) is 13.0. The molecule has 2 amide bonds. The van der Waals surface area contributed by atoms with Crippen LogP contribution >= 0.6 is 8.25 Å². The molecule has 6 atom stereocenters. The topological polar surface area (TPSA) is 255 Å². The average Bonchev–Trinajstić information content (AvgIpc) is 1.11. The third-order valence-electron chi connectivity index (χ3n) is 17.9. The highest BCUT2D eigenvalue weighted by molar-refractivity contribution is 7.33. The Hall–Kier alpha value is -11.0. The van der Waals surface area contributed by atoms with Crippen LogP contribution in [0.15, 0.2) is 244 Å². The maximum atomic E-state index is 15.4. The maximum Gasteiger partial charge on any atom is 0.320 e. The number of methoxy groups -OCH3 is 4. The quantitative estimate of drug-likeness (QED) is 0.0377. The van der Waals surface area contributed by atoms with Crippen LogP contribution in [0, 0.1) is 0 Å². The predicted molar refractivity (Wildman–Crippen MR) is 372 cm³/mol. The largest absolute Gasteiger partial charge is 0.497 e. The van der Waals surface area contributed by atoms with E-state index in [9.17, 15) is 9.59 Å². The van der Waals surface area contributed by atoms with Gasteiger partial charge in [-0.05, 0) is 106 Å². The number of ether oxygens (including phenoxy) is 8. The highest BCUT2D eigenvalue weighted by Gasteiger charge is 2.47. The van der Waals surface area contributed by atoms with E-state index in [1.807, 2.05) is 170 Å². The second-order valence-corrected chi connectivity index (χ2v) is 24.7. The highest BCUT2D eigenvalue weighted by atomic mass is 31.1. The number of aromatic nitrogens is 8. The number of carbonyl (C=O) groups excluding carboxylic acids is 2. The minimum atomic E-state index is -3.61. The molecule has 0 aliphatic carbocycles. The lowest BCUT2D eigenvalue weighted by molar-refractivity contribution is -0.0869. The van der Waals surface area contributed by atoms with Crippen LogP contribution in [0.4, 0.5) is 11.6 Å². The van der Waals surface area contributed by atoms with E-state index in [-0.39, 0.29) is 60.0 Å². The average molecular weight is 1360 g/mol. The maximum absolute atomic E-state index is 15.4. The van der Waals surface area contributed by atoms with E-state index >= 15 is 4.57 Å². The number of fused-ring (bicyclic) bond motifs is 2. The first-order valence-electron chi connectivity index (χ1n) is 32.3. The van der Waals surface area contributed by atoms with Crippen molar-refractivity contribution >= 4 is 54.0 Å². The van der Waals surface area contributed by atoms with Gasteiger partial charge in [0, 0.05) is 24.0 Å². The van der Waals surface area contributed by atoms with Crippen molar-refractivity contribution in [3.8, 4) is 23.0 Å². The Morgan fingerprint density at radius 2 is 0.740 bits per heavy atom. The second-order valence-electron chi connectivity index (χ2n) is 23.7. The van der Waals surface area contributed by atoms with Crippen molar-refractivity contribution in [2.45, 2.75) is 60.9 Å². The number of amides is 2. The molecule has 8 aromatic carbocycles. The standard InChI is InChI=1S/C76H69N10O13P/c1-90-57-33-25-53(26-34-57)75(51-21-13-7-14-22-51,54-27-35-58(91-2)36-28-54)94-43-61-41-63(73(96-61)85-47-81-65-67(77-45-79-69(65)85)83-71(87)49-17-9-5-10-18-49)98-100(89)99-64-42-62(97-74(64)86-48-82-66-68(78-46-80-70(66)86)84-72(88)50-19-11-6-12-20-50)44-95-76(52-23-15-8-16-24-52,55-29-37-59(92-3)38-30-55)56-31-39-60(93-4)40-32-56/h5-40,45-48,61-64,73-74,100H,41-44H2,1-4H3,(H,77,79,83,87)(H,78,80,84,88)/t61-,62-,63+,64+,73+,74+/m0/s1. The highest BCUT2D eigenvalue weighted by Crippen LogP contribution is 2.49. The molecular formula is C76H69N10O13P. The van der Waals surface area contributed by atoms with Crippen molar-refractivity contribution in [2.75, 3.05) is 52.3 Å². The van der Waals surface area contributed by atoms with Crippen LogP contribution < -0.4 is 29.6 Å². The van der Waals surface area contributed by atoms with Crippen LogP contribution in [0.2, 0.25) is 0 Å². The van der Waals surface area contributed by atoms with Crippen molar-refractivity contribution in [1.82, 2.24) is 39.0 Å². The van der Waals surface area contributed by atoms with Gasteiger partial charge < -0.3 is 57.6 Å². The molecule has 2 fully saturated rings. The van der Waals surface area contributed by atoms with Crippen LogP contribution in [0.3, 0.4) is 0 Å². The molecule has 0 radical (unpaired) electrons. The Bertz CT molecular complexity index is 4400. The van der Waals surface area contributed by atoms with Crippen molar-refractivity contribution in [1.29, 1.82) is 0 Å². The summed E-state index contributed by atoms with van der Waals surface area (Å²) in [6.45, 7) is -0.0710. The normalized spacial score (nSPS) is 17.7. The molecule has 100 heavy (non-hydrogen) atoms. The van der Waals surface area contributed by atoms with Gasteiger partial charge in [-0.3, -0.25) is 23.3 Å². The van der Waals surface area contributed by atoms with E-state index in [4.69, 9.17) is 56.9 Å². The van der Waals surface area contributed by atoms with Gasteiger partial charge in [0.2, 0.25) is 0 Å². The summed E-state index contributed by atoms with van der Waals surface area (Å²) in [5, 5.41) is 5.79. The lowest BCUT2D eigenvalue weighted by Crippen LogP contribution is -2.35. The van der Waals surface area contributed by atoms with E-state index in [1.54, 1.807) is 86.1 Å². The SMILES string of the molecule is COc1ccc(C(OC[C@@H]2C[C@@H](O[PH](=O)O[C@@H]3C[C@@H](COC(c4ccccc4)(c4ccc(OC)cc4)c4ccc(OC)cc4)O[C@H]3n3cnc4c(NC(=O)c5ccccc5)ncnc43)[C@H](n3cnc4c(NC(=O)c5ccccc5)ncnc43)O2)(c2ccccc2)c2ccc(OC)cc2)cc1. The van der Waals surface area contributed by atoms with Gasteiger partial charge >= 0.3 is 8.25 Å². The molecule has 2 N–H and O–H groups in total. The van der Waals surface area contributed by atoms with Crippen molar-refractivity contribution in [2.24, 2.45) is 0 Å². The number of carbonyl (C=O) groups is 2. The Morgan fingerprint density at radius 3 is 1.06 bits per heavy atom. The van der Waals surface area contributed by atoms with Gasteiger partial charge in [-0.1, -0.05) is 146 Å². The van der Waals surface area contributed by atoms with Crippen LogP contribution in [-0.2, 0) is 43.8 Å². The van der Waals surface area contributed by atoms with Gasteiger partial charge in [0.25, 0.3) is 11.8 Å². The lowest BCUT2D eigenvalue weighted by Gasteiger charge is -2.37. The number of rotatable bonds is 26. The molecule has 0 spiro atoms. The molecule has 24 heteroatoms. The van der Waals surface area contributed by atoms with Crippen LogP contribution in [0.1, 0.15) is 79.4 Å². The van der Waals surface area contributed by atoms with E-state index in [2.05, 4.69) is 30.6 Å². The number of hydrogen-bond acceptors (Lipinski definition) is 19. The Morgan fingerprint density at radius 1 is 0.430 bits per heavy atom. The van der Waals surface area contributed by atoms with Gasteiger partial charge in [-0.2, -0.15) is 0 Å². The molecule has 0 saturated carbocycles. The Balaban J connectivity index is 0.815. The number of nitrogens with one attached hydrogen (secondary N) is 2. The van der Waals surface area contributed by atoms with Gasteiger partial charge in [-0.15, -0.1) is 0 Å². The summed E-state index contributed by atoms with van der Waals surface area (Å²) in [6, 6.07) is 68.1. The summed E-state index contributed by atoms with van der Waals surface area (Å²) < 4.78 is 83.7. The molecule has 0 unspecified atom stereocenters. The fraction of sp³-hybridized carbons (Fsp3) is 0.211. The fourth-order valence-corrected chi connectivity index (χ4v) is 14.0. The van der Waals surface area contributed by atoms with Gasteiger partial charge in [-0.25, -0.2) is 29.9 Å². The van der Waals surface area contributed by atoms with E-state index in [0.29, 0.717) is 34.1 Å². The molecule has 4 aromatic heterocycles. The lowest BCUT2D eigenvalue weighted by atomic mass is 9.80. The number of hydrogen-bond donors (Lipinski definition) is 2. The minimum absolute atomic E-state index is 0.0355. The van der Waals surface area contributed by atoms with Gasteiger partial charge in [0.1, 0.15) is 59.1 Å². The van der Waals surface area contributed by atoms with Gasteiger partial charge in [0.15, 0.2) is 46.4 Å². The summed E-state index contributed by atoms with van der Waals surface area (Å²) in [4.78, 5) is 54.9. The van der Waals surface area contributed by atoms with E-state index in [0.717, 1.165) is 33.4 Å². The third kappa shape index (κ3) is 13.4. The van der Waals surface area contributed by atoms with Crippen LogP contribution in [0.5, 0.6) is 23.0 Å². The number of benzene rings is 8. The van der Waals surface area contributed by atoms with Crippen LogP contribution in [0.25, 0.3) is 22.3 Å². The minimum Gasteiger partial charge on any atom is -0.497 e. The molecule has 12 aromatic rings. The van der Waals surface area contributed by atoms with Gasteiger partial charge in [0.05, 0.1) is 66.5 Å². The Labute approximate surface area is 575 Å². The Kier molecular flexibility index (Phi) is 19.6. The van der Waals surface area contributed by atoms with Crippen molar-refractivity contribution in [3.63, 3.8) is 0 Å². The van der Waals surface area contributed by atoms with Crippen molar-refractivity contribution < 1.29 is 61.1 Å². The molecule has 2 saturated heterocycles. The molecule has 2 aliphatic rings. The first kappa shape index (κ1) is 66.2. The van der Waals surface area contributed by atoms with Crippen LogP contribution in [-0.4, -0.2) is 117 Å². The molecular weight excluding hydrogens is 1290 g/mol.